The predicted octanol–water partition coefficient (Wildman–Crippen LogP) is 3.85. The molecule has 9 heteroatoms. The summed E-state index contributed by atoms with van der Waals surface area (Å²) in [7, 11) is 0. The Morgan fingerprint density at radius 3 is 2.67 bits per heavy atom. The minimum absolute atomic E-state index is 0.201. The fourth-order valence-corrected chi connectivity index (χ4v) is 1.84. The Hall–Kier alpha value is -3.49. The Morgan fingerprint density at radius 1 is 1.29 bits per heavy atom. The van der Waals surface area contributed by atoms with Crippen LogP contribution in [0.1, 0.15) is 18.6 Å². The molecular formula is C15H13N3O6. The van der Waals surface area contributed by atoms with Gasteiger partial charge in [0.05, 0.1) is 22.2 Å². The smallest absolute Gasteiger partial charge is 0.321 e. The Morgan fingerprint density at radius 2 is 2.08 bits per heavy atom. The lowest BCUT2D eigenvalue weighted by atomic mass is 10.2. The van der Waals surface area contributed by atoms with Gasteiger partial charge in [-0.15, -0.1) is 6.58 Å². The molecule has 0 aliphatic rings. The molecule has 124 valence electrons. The van der Waals surface area contributed by atoms with Gasteiger partial charge in [-0.1, -0.05) is 11.2 Å². The summed E-state index contributed by atoms with van der Waals surface area (Å²) in [5, 5.41) is 25.7. The van der Waals surface area contributed by atoms with Crippen LogP contribution >= 0.6 is 0 Å². The topological polar surface area (TPSA) is 121 Å². The molecule has 1 heterocycles. The molecule has 0 saturated carbocycles. The van der Waals surface area contributed by atoms with Crippen molar-refractivity contribution in [3.05, 3.63) is 75.2 Å². The van der Waals surface area contributed by atoms with Crippen molar-refractivity contribution in [2.24, 2.45) is 5.16 Å². The number of non-ortho nitro benzene ring substituents is 1. The number of hydrogen-bond donors (Lipinski definition) is 0. The van der Waals surface area contributed by atoms with Crippen LogP contribution in [-0.2, 0) is 0 Å². The van der Waals surface area contributed by atoms with Crippen molar-refractivity contribution in [3.63, 3.8) is 0 Å². The molecule has 0 amide bonds. The van der Waals surface area contributed by atoms with E-state index in [0.29, 0.717) is 24.3 Å². The van der Waals surface area contributed by atoms with Crippen LogP contribution < -0.4 is 4.84 Å². The second-order valence-corrected chi connectivity index (χ2v) is 4.60. The molecule has 0 fully saturated rings. The van der Waals surface area contributed by atoms with Crippen LogP contribution in [0.4, 0.5) is 11.4 Å². The normalized spacial score (nSPS) is 11.1. The molecule has 0 atom stereocenters. The molecule has 0 N–H and O–H groups in total. The van der Waals surface area contributed by atoms with Crippen molar-refractivity contribution in [2.75, 3.05) is 0 Å². The third kappa shape index (κ3) is 4.03. The van der Waals surface area contributed by atoms with Gasteiger partial charge in [-0.2, -0.15) is 0 Å². The molecule has 2 aromatic rings. The standard InChI is InChI=1S/C15H13N3O6/c1-2-3-5-12(14-6-4-9-23-14)16-24-15-8-7-11(17(19)20)10-13(15)18(21)22/h2,4,6-10H,1,3,5H2/b16-12+. The Bertz CT molecular complexity index is 783. The molecule has 2 rings (SSSR count). The molecular weight excluding hydrogens is 318 g/mol. The van der Waals surface area contributed by atoms with E-state index in [2.05, 4.69) is 11.7 Å². The highest BCUT2D eigenvalue weighted by molar-refractivity contribution is 5.97. The number of allylic oxidation sites excluding steroid dienone is 1. The van der Waals surface area contributed by atoms with Crippen LogP contribution in [0.5, 0.6) is 5.75 Å². The molecule has 0 unspecified atom stereocenters. The van der Waals surface area contributed by atoms with Gasteiger partial charge in [0.15, 0.2) is 5.76 Å². The summed E-state index contributed by atoms with van der Waals surface area (Å²) in [6.07, 6.45) is 4.21. The van der Waals surface area contributed by atoms with Gasteiger partial charge < -0.3 is 9.25 Å². The summed E-state index contributed by atoms with van der Waals surface area (Å²) < 4.78 is 5.24. The summed E-state index contributed by atoms with van der Waals surface area (Å²) in [5.74, 6) is 0.259. The summed E-state index contributed by atoms with van der Waals surface area (Å²) in [6.45, 7) is 3.62. The van der Waals surface area contributed by atoms with Crippen molar-refractivity contribution < 1.29 is 19.1 Å². The van der Waals surface area contributed by atoms with Gasteiger partial charge in [0.25, 0.3) is 5.69 Å². The zero-order valence-electron chi connectivity index (χ0n) is 12.5. The van der Waals surface area contributed by atoms with E-state index in [4.69, 9.17) is 9.25 Å². The summed E-state index contributed by atoms with van der Waals surface area (Å²) in [4.78, 5) is 25.4. The maximum atomic E-state index is 11.1. The van der Waals surface area contributed by atoms with Crippen molar-refractivity contribution in [1.82, 2.24) is 0 Å². The van der Waals surface area contributed by atoms with Gasteiger partial charge in [-0.3, -0.25) is 20.2 Å². The molecule has 0 aliphatic heterocycles. The van der Waals surface area contributed by atoms with Crippen LogP contribution in [0.2, 0.25) is 0 Å². The Balaban J connectivity index is 2.32. The van der Waals surface area contributed by atoms with E-state index in [1.807, 2.05) is 0 Å². The predicted molar refractivity (Wildman–Crippen MR) is 85.1 cm³/mol. The van der Waals surface area contributed by atoms with Crippen molar-refractivity contribution in [2.45, 2.75) is 12.8 Å². The molecule has 0 radical (unpaired) electrons. The van der Waals surface area contributed by atoms with Crippen LogP contribution in [0.15, 0.2) is 58.8 Å². The van der Waals surface area contributed by atoms with Gasteiger partial charge >= 0.3 is 5.69 Å². The third-order valence-corrected chi connectivity index (χ3v) is 3.00. The SMILES string of the molecule is C=CCC/C(=N\Oc1ccc([N+](=O)[O-])cc1[N+](=O)[O-])c1ccco1. The first-order valence-electron chi connectivity index (χ1n) is 6.84. The highest BCUT2D eigenvalue weighted by Gasteiger charge is 2.21. The molecule has 0 spiro atoms. The lowest BCUT2D eigenvalue weighted by Gasteiger charge is -2.04. The maximum absolute atomic E-state index is 11.1. The van der Waals surface area contributed by atoms with Gasteiger partial charge in [0, 0.05) is 12.5 Å². The molecule has 1 aromatic carbocycles. The van der Waals surface area contributed by atoms with Crippen LogP contribution in [0.3, 0.4) is 0 Å². The lowest BCUT2D eigenvalue weighted by molar-refractivity contribution is -0.394. The Kier molecular flexibility index (Phi) is 5.40. The number of nitrogens with zero attached hydrogens (tertiary/aromatic N) is 3. The highest BCUT2D eigenvalue weighted by Crippen LogP contribution is 2.31. The lowest BCUT2D eigenvalue weighted by Crippen LogP contribution is -2.03. The fraction of sp³-hybridized carbons (Fsp3) is 0.133. The van der Waals surface area contributed by atoms with E-state index in [1.54, 1.807) is 18.2 Å². The average Bonchev–Trinajstić information content (AvgIpc) is 3.09. The van der Waals surface area contributed by atoms with E-state index >= 15 is 0 Å². The van der Waals surface area contributed by atoms with Crippen molar-refractivity contribution >= 4 is 17.1 Å². The summed E-state index contributed by atoms with van der Waals surface area (Å²) in [6, 6.07) is 6.41. The Labute approximate surface area is 136 Å². The van der Waals surface area contributed by atoms with E-state index in [0.717, 1.165) is 18.2 Å². The molecule has 9 nitrogen and oxygen atoms in total. The minimum atomic E-state index is -0.770. The molecule has 0 bridgehead atoms. The number of nitro groups is 2. The number of nitro benzene ring substituents is 2. The molecule has 0 aliphatic carbocycles. The van der Waals surface area contributed by atoms with Crippen LogP contribution in [-0.4, -0.2) is 15.6 Å². The van der Waals surface area contributed by atoms with E-state index < -0.39 is 21.2 Å². The van der Waals surface area contributed by atoms with Crippen molar-refractivity contribution in [1.29, 1.82) is 0 Å². The first-order chi connectivity index (χ1) is 11.5. The number of oxime groups is 1. The molecule has 1 aromatic heterocycles. The van der Waals surface area contributed by atoms with Gasteiger partial charge in [0.2, 0.25) is 5.75 Å². The average molecular weight is 331 g/mol. The second-order valence-electron chi connectivity index (χ2n) is 4.60. The number of rotatable bonds is 8. The second kappa shape index (κ2) is 7.68. The quantitative estimate of drug-likeness (QED) is 0.313. The number of hydrogen-bond acceptors (Lipinski definition) is 7. The first-order valence-corrected chi connectivity index (χ1v) is 6.84. The van der Waals surface area contributed by atoms with Crippen molar-refractivity contribution in [3.8, 4) is 5.75 Å². The monoisotopic (exact) mass is 331 g/mol. The summed E-state index contributed by atoms with van der Waals surface area (Å²) >= 11 is 0. The largest absolute Gasteiger partial charge is 0.463 e. The van der Waals surface area contributed by atoms with Crippen LogP contribution in [0, 0.1) is 20.2 Å². The van der Waals surface area contributed by atoms with Crippen LogP contribution in [0.25, 0.3) is 0 Å². The zero-order chi connectivity index (χ0) is 17.5. The zero-order valence-corrected chi connectivity index (χ0v) is 12.5. The fourth-order valence-electron chi connectivity index (χ4n) is 1.84. The molecule has 0 saturated heterocycles. The van der Waals surface area contributed by atoms with E-state index in [1.165, 1.54) is 6.26 Å². The number of benzene rings is 1. The first kappa shape index (κ1) is 16.9. The summed E-state index contributed by atoms with van der Waals surface area (Å²) in [5.41, 5.74) is -0.515. The van der Waals surface area contributed by atoms with Gasteiger partial charge in [-0.25, -0.2) is 0 Å². The van der Waals surface area contributed by atoms with Gasteiger partial charge in [0.1, 0.15) is 5.71 Å². The van der Waals surface area contributed by atoms with Gasteiger partial charge in [-0.05, 0) is 24.6 Å². The van der Waals surface area contributed by atoms with E-state index in [9.17, 15) is 20.2 Å². The third-order valence-electron chi connectivity index (χ3n) is 3.00. The number of furan rings is 1. The van der Waals surface area contributed by atoms with E-state index in [-0.39, 0.29) is 5.75 Å². The molecule has 24 heavy (non-hydrogen) atoms. The maximum Gasteiger partial charge on any atom is 0.321 e. The minimum Gasteiger partial charge on any atom is -0.463 e. The highest BCUT2D eigenvalue weighted by atomic mass is 16.7.